The van der Waals surface area contributed by atoms with Gasteiger partial charge >= 0.3 is 0 Å². The molecule has 0 radical (unpaired) electrons. The van der Waals surface area contributed by atoms with Crippen molar-refractivity contribution in [3.8, 4) is 11.5 Å². The third-order valence-electron chi connectivity index (χ3n) is 3.71. The molecule has 1 atom stereocenters. The van der Waals surface area contributed by atoms with Crippen molar-refractivity contribution in [2.45, 2.75) is 39.7 Å². The molecule has 0 bridgehead atoms. The fourth-order valence-corrected chi connectivity index (χ4v) is 2.31. The molecule has 0 aliphatic heterocycles. The molecule has 4 nitrogen and oxygen atoms in total. The monoisotopic (exact) mass is 327 g/mol. The summed E-state index contributed by atoms with van der Waals surface area (Å²) in [6.07, 6.45) is 1.05. The van der Waals surface area contributed by atoms with Crippen LogP contribution in [0.3, 0.4) is 0 Å². The Bertz CT molecular complexity index is 635. The van der Waals surface area contributed by atoms with Gasteiger partial charge in [-0.25, -0.2) is 0 Å². The highest BCUT2D eigenvalue weighted by Crippen LogP contribution is 2.18. The van der Waals surface area contributed by atoms with Gasteiger partial charge in [-0.3, -0.25) is 4.79 Å². The normalized spacial score (nSPS) is 11.6. The molecule has 1 N–H and O–H groups in total. The van der Waals surface area contributed by atoms with Gasteiger partial charge in [0, 0.05) is 5.69 Å². The highest BCUT2D eigenvalue weighted by atomic mass is 16.5. The summed E-state index contributed by atoms with van der Waals surface area (Å²) >= 11 is 0. The lowest BCUT2D eigenvalue weighted by atomic mass is 10.1. The fourth-order valence-electron chi connectivity index (χ4n) is 2.31. The summed E-state index contributed by atoms with van der Waals surface area (Å²) in [6.45, 7) is 6.60. The second-order valence-corrected chi connectivity index (χ2v) is 5.46. The van der Waals surface area contributed by atoms with Crippen LogP contribution in [0.5, 0.6) is 11.5 Å². The lowest BCUT2D eigenvalue weighted by Gasteiger charge is -2.17. The number of nitrogens with one attached hydrogen (secondary N) is 1. The topological polar surface area (TPSA) is 47.6 Å². The number of carbonyl (C=O) groups excluding carboxylic acids is 1. The Morgan fingerprint density at radius 3 is 2.12 bits per heavy atom. The van der Waals surface area contributed by atoms with Crippen molar-refractivity contribution < 1.29 is 14.3 Å². The summed E-state index contributed by atoms with van der Waals surface area (Å²) in [5, 5.41) is 2.89. The molecular weight excluding hydrogens is 302 g/mol. The SMILES string of the molecule is CCOc1ccc(NC(=O)C(CC)Oc2ccc(CC)cc2)cc1. The Labute approximate surface area is 143 Å². The van der Waals surface area contributed by atoms with E-state index >= 15 is 0 Å². The van der Waals surface area contributed by atoms with Gasteiger partial charge in [0.25, 0.3) is 5.91 Å². The van der Waals surface area contributed by atoms with Gasteiger partial charge in [-0.1, -0.05) is 26.0 Å². The van der Waals surface area contributed by atoms with Crippen LogP contribution in [0.2, 0.25) is 0 Å². The van der Waals surface area contributed by atoms with Gasteiger partial charge in [0.15, 0.2) is 6.10 Å². The smallest absolute Gasteiger partial charge is 0.265 e. The first kappa shape index (κ1) is 17.9. The molecule has 1 amide bonds. The van der Waals surface area contributed by atoms with E-state index in [9.17, 15) is 4.79 Å². The van der Waals surface area contributed by atoms with Crippen LogP contribution in [-0.2, 0) is 11.2 Å². The Hall–Kier alpha value is -2.49. The molecule has 0 fully saturated rings. The van der Waals surface area contributed by atoms with E-state index < -0.39 is 6.10 Å². The fraction of sp³-hybridized carbons (Fsp3) is 0.350. The lowest BCUT2D eigenvalue weighted by Crippen LogP contribution is -2.32. The van der Waals surface area contributed by atoms with E-state index in [1.165, 1.54) is 5.56 Å². The quantitative estimate of drug-likeness (QED) is 0.779. The minimum Gasteiger partial charge on any atom is -0.494 e. The summed E-state index contributed by atoms with van der Waals surface area (Å²) in [5.41, 5.74) is 1.97. The van der Waals surface area contributed by atoms with E-state index in [0.29, 0.717) is 18.8 Å². The van der Waals surface area contributed by atoms with Crippen LogP contribution < -0.4 is 14.8 Å². The first-order valence-corrected chi connectivity index (χ1v) is 8.45. The predicted octanol–water partition coefficient (Wildman–Crippen LogP) is 4.44. The maximum Gasteiger partial charge on any atom is 0.265 e. The molecule has 2 aromatic carbocycles. The van der Waals surface area contributed by atoms with E-state index in [1.54, 1.807) is 0 Å². The van der Waals surface area contributed by atoms with Crippen molar-refractivity contribution in [2.24, 2.45) is 0 Å². The largest absolute Gasteiger partial charge is 0.494 e. The van der Waals surface area contributed by atoms with E-state index in [0.717, 1.165) is 17.9 Å². The highest BCUT2D eigenvalue weighted by Gasteiger charge is 2.18. The van der Waals surface area contributed by atoms with Gasteiger partial charge in [0.05, 0.1) is 6.61 Å². The summed E-state index contributed by atoms with van der Waals surface area (Å²) in [6, 6.07) is 15.2. The molecule has 0 saturated carbocycles. The Morgan fingerprint density at radius 1 is 0.958 bits per heavy atom. The number of hydrogen-bond donors (Lipinski definition) is 1. The van der Waals surface area contributed by atoms with Gasteiger partial charge in [0.1, 0.15) is 11.5 Å². The van der Waals surface area contributed by atoms with E-state index in [1.807, 2.05) is 62.4 Å². The molecule has 24 heavy (non-hydrogen) atoms. The molecule has 0 saturated heterocycles. The average Bonchev–Trinajstić information content (AvgIpc) is 2.62. The second-order valence-electron chi connectivity index (χ2n) is 5.46. The van der Waals surface area contributed by atoms with Crippen molar-refractivity contribution in [1.29, 1.82) is 0 Å². The first-order valence-electron chi connectivity index (χ1n) is 8.45. The van der Waals surface area contributed by atoms with Gasteiger partial charge < -0.3 is 14.8 Å². The number of ether oxygens (including phenoxy) is 2. The van der Waals surface area contributed by atoms with Crippen LogP contribution in [0.15, 0.2) is 48.5 Å². The molecular formula is C20H25NO3. The Balaban J connectivity index is 1.97. The van der Waals surface area contributed by atoms with Gasteiger partial charge in [0.2, 0.25) is 0 Å². The van der Waals surface area contributed by atoms with Gasteiger partial charge in [-0.2, -0.15) is 0 Å². The van der Waals surface area contributed by atoms with Crippen molar-refractivity contribution in [2.75, 3.05) is 11.9 Å². The molecule has 0 aromatic heterocycles. The zero-order valence-corrected chi connectivity index (χ0v) is 14.5. The van der Waals surface area contributed by atoms with Crippen LogP contribution in [0.4, 0.5) is 5.69 Å². The molecule has 0 aliphatic carbocycles. The molecule has 0 spiro atoms. The van der Waals surface area contributed by atoms with Crippen LogP contribution >= 0.6 is 0 Å². The Morgan fingerprint density at radius 2 is 1.58 bits per heavy atom. The minimum atomic E-state index is -0.524. The predicted molar refractivity (Wildman–Crippen MR) is 96.8 cm³/mol. The molecule has 1 unspecified atom stereocenters. The average molecular weight is 327 g/mol. The van der Waals surface area contributed by atoms with Crippen LogP contribution in [0.25, 0.3) is 0 Å². The lowest BCUT2D eigenvalue weighted by molar-refractivity contribution is -0.122. The number of amides is 1. The zero-order chi connectivity index (χ0) is 17.4. The second kappa shape index (κ2) is 8.96. The maximum absolute atomic E-state index is 12.4. The molecule has 0 heterocycles. The first-order chi connectivity index (χ1) is 11.7. The number of hydrogen-bond acceptors (Lipinski definition) is 3. The van der Waals surface area contributed by atoms with Crippen molar-refractivity contribution in [1.82, 2.24) is 0 Å². The third kappa shape index (κ3) is 5.01. The molecule has 2 aromatic rings. The minimum absolute atomic E-state index is 0.152. The molecule has 2 rings (SSSR count). The van der Waals surface area contributed by atoms with Crippen molar-refractivity contribution in [3.63, 3.8) is 0 Å². The maximum atomic E-state index is 12.4. The van der Waals surface area contributed by atoms with E-state index in [2.05, 4.69) is 12.2 Å². The number of carbonyl (C=O) groups is 1. The highest BCUT2D eigenvalue weighted by molar-refractivity contribution is 5.94. The Kier molecular flexibility index (Phi) is 6.67. The van der Waals surface area contributed by atoms with Gasteiger partial charge in [-0.05, 0) is 61.7 Å². The number of benzene rings is 2. The van der Waals surface area contributed by atoms with Crippen LogP contribution in [0.1, 0.15) is 32.8 Å². The van der Waals surface area contributed by atoms with E-state index in [4.69, 9.17) is 9.47 Å². The third-order valence-corrected chi connectivity index (χ3v) is 3.71. The molecule has 4 heteroatoms. The number of anilines is 1. The summed E-state index contributed by atoms with van der Waals surface area (Å²) < 4.78 is 11.2. The van der Waals surface area contributed by atoms with Crippen molar-refractivity contribution in [3.05, 3.63) is 54.1 Å². The van der Waals surface area contributed by atoms with E-state index in [-0.39, 0.29) is 5.91 Å². The zero-order valence-electron chi connectivity index (χ0n) is 14.5. The molecule has 128 valence electrons. The number of rotatable bonds is 8. The van der Waals surface area contributed by atoms with Crippen LogP contribution in [-0.4, -0.2) is 18.6 Å². The summed E-state index contributed by atoms with van der Waals surface area (Å²) in [5.74, 6) is 1.34. The molecule has 0 aliphatic rings. The van der Waals surface area contributed by atoms with Crippen molar-refractivity contribution >= 4 is 11.6 Å². The number of aryl methyl sites for hydroxylation is 1. The summed E-state index contributed by atoms with van der Waals surface area (Å²) in [7, 11) is 0. The summed E-state index contributed by atoms with van der Waals surface area (Å²) in [4.78, 5) is 12.4. The van der Waals surface area contributed by atoms with Crippen LogP contribution in [0, 0.1) is 0 Å². The standard InChI is InChI=1S/C20H25NO3/c1-4-15-7-11-18(12-8-15)24-19(5-2)20(22)21-16-9-13-17(14-10-16)23-6-3/h7-14,19H,4-6H2,1-3H3,(H,21,22). The van der Waals surface area contributed by atoms with Gasteiger partial charge in [-0.15, -0.1) is 0 Å².